The van der Waals surface area contributed by atoms with Gasteiger partial charge in [-0.2, -0.15) is 0 Å². The second kappa shape index (κ2) is 6.37. The van der Waals surface area contributed by atoms with E-state index in [4.69, 9.17) is 4.74 Å². The molecule has 0 aromatic rings. The summed E-state index contributed by atoms with van der Waals surface area (Å²) in [6.45, 7) is 3.95. The Bertz CT molecular complexity index is 342. The van der Waals surface area contributed by atoms with E-state index in [-0.39, 0.29) is 17.9 Å². The van der Waals surface area contributed by atoms with E-state index in [0.29, 0.717) is 12.6 Å². The minimum atomic E-state index is -0.236. The van der Waals surface area contributed by atoms with Crippen LogP contribution >= 0.6 is 0 Å². The molecule has 5 heteroatoms. The van der Waals surface area contributed by atoms with Crippen LogP contribution in [0.15, 0.2) is 0 Å². The number of piperidine rings is 1. The number of likely N-dealkylation sites (N-methyl/N-ethyl adjacent to an activating group) is 1. The number of methoxy groups -OCH3 is 1. The molecule has 1 aliphatic carbocycles. The normalized spacial score (nSPS) is 24.0. The molecule has 1 amide bonds. The van der Waals surface area contributed by atoms with Crippen molar-refractivity contribution in [1.82, 2.24) is 9.80 Å². The van der Waals surface area contributed by atoms with Gasteiger partial charge in [0, 0.05) is 12.6 Å². The number of hydrogen-bond acceptors (Lipinski definition) is 4. The van der Waals surface area contributed by atoms with E-state index in [1.54, 1.807) is 0 Å². The third-order valence-corrected chi connectivity index (χ3v) is 4.07. The number of carbonyl (C=O) groups excluding carboxylic acids is 2. The maximum atomic E-state index is 12.3. The van der Waals surface area contributed by atoms with Crippen LogP contribution in [0.25, 0.3) is 0 Å². The van der Waals surface area contributed by atoms with Gasteiger partial charge in [-0.1, -0.05) is 6.42 Å². The van der Waals surface area contributed by atoms with E-state index in [1.165, 1.54) is 7.11 Å². The quantitative estimate of drug-likeness (QED) is 0.699. The van der Waals surface area contributed by atoms with Crippen molar-refractivity contribution < 1.29 is 14.3 Å². The molecule has 1 aliphatic heterocycles. The van der Waals surface area contributed by atoms with Crippen molar-refractivity contribution in [2.75, 3.05) is 26.7 Å². The van der Waals surface area contributed by atoms with Crippen LogP contribution in [0, 0.1) is 0 Å². The highest BCUT2D eigenvalue weighted by molar-refractivity contribution is 5.81. The first-order chi connectivity index (χ1) is 9.17. The maximum absolute atomic E-state index is 12.3. The van der Waals surface area contributed by atoms with Gasteiger partial charge in [-0.15, -0.1) is 0 Å². The molecular formula is C14H24N2O3. The summed E-state index contributed by atoms with van der Waals surface area (Å²) in [5, 5.41) is 0. The number of carbonyl (C=O) groups is 2. The highest BCUT2D eigenvalue weighted by Gasteiger charge is 2.35. The fourth-order valence-electron chi connectivity index (χ4n) is 2.87. The largest absolute Gasteiger partial charge is 0.468 e. The molecule has 5 nitrogen and oxygen atoms in total. The molecule has 1 atom stereocenters. The molecule has 0 aromatic heterocycles. The summed E-state index contributed by atoms with van der Waals surface area (Å²) in [7, 11) is 1.42. The molecule has 2 aliphatic rings. The lowest BCUT2D eigenvalue weighted by Crippen LogP contribution is -2.50. The van der Waals surface area contributed by atoms with Crippen LogP contribution in [0.4, 0.5) is 0 Å². The number of ether oxygens (including phenoxy) is 1. The first-order valence-corrected chi connectivity index (χ1v) is 7.28. The number of nitrogens with zero attached hydrogens (tertiary/aromatic N) is 2. The monoisotopic (exact) mass is 268 g/mol. The van der Waals surface area contributed by atoms with Crippen LogP contribution in [0.1, 0.15) is 39.0 Å². The molecule has 0 bridgehead atoms. The lowest BCUT2D eigenvalue weighted by molar-refractivity contribution is -0.149. The van der Waals surface area contributed by atoms with Crippen LogP contribution in [0.2, 0.25) is 0 Å². The first-order valence-electron chi connectivity index (χ1n) is 7.28. The van der Waals surface area contributed by atoms with Gasteiger partial charge < -0.3 is 9.64 Å². The number of amides is 1. The molecular weight excluding hydrogens is 244 g/mol. The average Bonchev–Trinajstić information content (AvgIpc) is 3.24. The van der Waals surface area contributed by atoms with Crippen molar-refractivity contribution in [1.29, 1.82) is 0 Å². The third-order valence-electron chi connectivity index (χ3n) is 4.07. The Morgan fingerprint density at radius 3 is 2.58 bits per heavy atom. The predicted octanol–water partition coefficient (Wildman–Crippen LogP) is 1.02. The van der Waals surface area contributed by atoms with E-state index in [1.807, 2.05) is 16.7 Å². The summed E-state index contributed by atoms with van der Waals surface area (Å²) in [5.74, 6) is -0.0530. The minimum absolute atomic E-state index is 0.154. The van der Waals surface area contributed by atoms with Gasteiger partial charge in [0.05, 0.1) is 13.7 Å². The number of hydrogen-bond donors (Lipinski definition) is 0. The van der Waals surface area contributed by atoms with E-state index in [9.17, 15) is 9.59 Å². The predicted molar refractivity (Wildman–Crippen MR) is 71.6 cm³/mol. The van der Waals surface area contributed by atoms with Gasteiger partial charge in [-0.3, -0.25) is 14.5 Å². The van der Waals surface area contributed by atoms with Crippen LogP contribution in [0.3, 0.4) is 0 Å². The van der Waals surface area contributed by atoms with Gasteiger partial charge in [0.2, 0.25) is 5.91 Å². The molecule has 0 spiro atoms. The SMILES string of the molecule is CCN(C(=O)CN1CCCC[C@@H]1C(=O)OC)C1CC1. The van der Waals surface area contributed by atoms with Crippen LogP contribution in [-0.4, -0.2) is 60.5 Å². The van der Waals surface area contributed by atoms with Gasteiger partial charge in [0.15, 0.2) is 0 Å². The van der Waals surface area contributed by atoms with Gasteiger partial charge in [0.1, 0.15) is 6.04 Å². The van der Waals surface area contributed by atoms with Gasteiger partial charge in [-0.05, 0) is 39.2 Å². The molecule has 1 saturated heterocycles. The van der Waals surface area contributed by atoms with E-state index in [0.717, 1.165) is 45.2 Å². The Labute approximate surface area is 114 Å². The Kier molecular flexibility index (Phi) is 4.80. The van der Waals surface area contributed by atoms with Crippen molar-refractivity contribution >= 4 is 11.9 Å². The molecule has 2 rings (SSSR count). The van der Waals surface area contributed by atoms with Gasteiger partial charge in [0.25, 0.3) is 0 Å². The number of likely N-dealkylation sites (tertiary alicyclic amines) is 1. The maximum Gasteiger partial charge on any atom is 0.323 e. The Hall–Kier alpha value is -1.10. The third kappa shape index (κ3) is 3.47. The summed E-state index contributed by atoms with van der Waals surface area (Å²) in [4.78, 5) is 28.0. The smallest absolute Gasteiger partial charge is 0.323 e. The van der Waals surface area contributed by atoms with Crippen molar-refractivity contribution in [2.45, 2.75) is 51.1 Å². The molecule has 0 N–H and O–H groups in total. The van der Waals surface area contributed by atoms with E-state index < -0.39 is 0 Å². The van der Waals surface area contributed by atoms with Crippen molar-refractivity contribution in [2.24, 2.45) is 0 Å². The van der Waals surface area contributed by atoms with Crippen molar-refractivity contribution in [3.63, 3.8) is 0 Å². The standard InChI is InChI=1S/C14H24N2O3/c1-3-16(11-7-8-11)13(17)10-15-9-5-4-6-12(15)14(18)19-2/h11-12H,3-10H2,1-2H3/t12-/m1/s1. The van der Waals surface area contributed by atoms with E-state index >= 15 is 0 Å². The summed E-state index contributed by atoms with van der Waals surface area (Å²) >= 11 is 0. The lowest BCUT2D eigenvalue weighted by Gasteiger charge is -2.34. The fraction of sp³-hybridized carbons (Fsp3) is 0.857. The van der Waals surface area contributed by atoms with E-state index in [2.05, 4.69) is 0 Å². The Morgan fingerprint density at radius 2 is 2.00 bits per heavy atom. The Morgan fingerprint density at radius 1 is 1.26 bits per heavy atom. The second-order valence-corrected chi connectivity index (χ2v) is 5.42. The van der Waals surface area contributed by atoms with Crippen molar-refractivity contribution in [3.05, 3.63) is 0 Å². The van der Waals surface area contributed by atoms with Crippen molar-refractivity contribution in [3.8, 4) is 0 Å². The summed E-state index contributed by atoms with van der Waals surface area (Å²) < 4.78 is 4.84. The molecule has 19 heavy (non-hydrogen) atoms. The second-order valence-electron chi connectivity index (χ2n) is 5.42. The zero-order valence-electron chi connectivity index (χ0n) is 11.9. The first kappa shape index (κ1) is 14.3. The van der Waals surface area contributed by atoms with Gasteiger partial charge in [-0.25, -0.2) is 0 Å². The van der Waals surface area contributed by atoms with Crippen LogP contribution in [0.5, 0.6) is 0 Å². The molecule has 1 heterocycles. The average molecular weight is 268 g/mol. The van der Waals surface area contributed by atoms with Gasteiger partial charge >= 0.3 is 5.97 Å². The van der Waals surface area contributed by atoms with Crippen LogP contribution in [-0.2, 0) is 14.3 Å². The molecule has 108 valence electrons. The molecule has 0 unspecified atom stereocenters. The fourth-order valence-corrected chi connectivity index (χ4v) is 2.87. The summed E-state index contributed by atoms with van der Waals surface area (Å²) in [6.07, 6.45) is 5.14. The number of esters is 1. The topological polar surface area (TPSA) is 49.9 Å². The van der Waals surface area contributed by atoms with Crippen LogP contribution < -0.4 is 0 Å². The highest BCUT2D eigenvalue weighted by Crippen LogP contribution is 2.27. The zero-order chi connectivity index (χ0) is 13.8. The number of rotatable bonds is 5. The molecule has 2 fully saturated rings. The Balaban J connectivity index is 1.94. The minimum Gasteiger partial charge on any atom is -0.468 e. The zero-order valence-corrected chi connectivity index (χ0v) is 11.9. The molecule has 0 aromatic carbocycles. The summed E-state index contributed by atoms with van der Waals surface area (Å²) in [6, 6.07) is 0.208. The lowest BCUT2D eigenvalue weighted by atomic mass is 10.0. The highest BCUT2D eigenvalue weighted by atomic mass is 16.5. The summed E-state index contributed by atoms with van der Waals surface area (Å²) in [5.41, 5.74) is 0. The molecule has 1 saturated carbocycles. The molecule has 0 radical (unpaired) electrons.